The van der Waals surface area contributed by atoms with E-state index in [9.17, 15) is 9.59 Å². The Morgan fingerprint density at radius 2 is 1.58 bits per heavy atom. The molecule has 1 aliphatic heterocycles. The Balaban J connectivity index is 1.32. The quantitative estimate of drug-likeness (QED) is 0.581. The number of benzene rings is 3. The minimum absolute atomic E-state index is 0.134. The molecular formula is C26H28N4O3. The van der Waals surface area contributed by atoms with Crippen molar-refractivity contribution >= 4 is 28.9 Å². The fourth-order valence-corrected chi connectivity index (χ4v) is 3.87. The Hall–Kier alpha value is -3.84. The first kappa shape index (κ1) is 22.4. The zero-order valence-corrected chi connectivity index (χ0v) is 18.7. The lowest BCUT2D eigenvalue weighted by atomic mass is 10.1. The number of para-hydroxylation sites is 2. The second kappa shape index (κ2) is 10.7. The molecule has 2 N–H and O–H groups in total. The van der Waals surface area contributed by atoms with Crippen molar-refractivity contribution in [1.29, 1.82) is 0 Å². The van der Waals surface area contributed by atoms with Crippen LogP contribution in [0.5, 0.6) is 5.75 Å². The number of nitrogens with one attached hydrogen (secondary N) is 2. The van der Waals surface area contributed by atoms with Gasteiger partial charge in [0.25, 0.3) is 5.91 Å². The minimum Gasteiger partial charge on any atom is -0.497 e. The van der Waals surface area contributed by atoms with Crippen LogP contribution in [0.2, 0.25) is 0 Å². The van der Waals surface area contributed by atoms with Gasteiger partial charge in [-0.3, -0.25) is 14.5 Å². The van der Waals surface area contributed by atoms with E-state index in [0.29, 0.717) is 16.9 Å². The first-order valence-electron chi connectivity index (χ1n) is 11.0. The second-order valence-corrected chi connectivity index (χ2v) is 7.88. The van der Waals surface area contributed by atoms with Crippen LogP contribution in [0.25, 0.3) is 0 Å². The highest BCUT2D eigenvalue weighted by Gasteiger charge is 2.20. The number of ether oxygens (including phenoxy) is 1. The van der Waals surface area contributed by atoms with E-state index in [1.807, 2.05) is 54.6 Å². The molecule has 0 radical (unpaired) electrons. The molecule has 2 amide bonds. The van der Waals surface area contributed by atoms with Crippen LogP contribution in [-0.4, -0.2) is 56.5 Å². The topological polar surface area (TPSA) is 73.9 Å². The summed E-state index contributed by atoms with van der Waals surface area (Å²) in [6.45, 7) is 3.50. The van der Waals surface area contributed by atoms with Gasteiger partial charge >= 0.3 is 0 Å². The van der Waals surface area contributed by atoms with E-state index in [1.54, 1.807) is 25.3 Å². The van der Waals surface area contributed by atoms with Gasteiger partial charge in [0.05, 0.1) is 24.9 Å². The van der Waals surface area contributed by atoms with E-state index in [-0.39, 0.29) is 18.4 Å². The van der Waals surface area contributed by atoms with Crippen LogP contribution in [0.15, 0.2) is 78.9 Å². The van der Waals surface area contributed by atoms with Gasteiger partial charge in [-0.1, -0.05) is 36.4 Å². The average Bonchev–Trinajstić information content (AvgIpc) is 2.85. The summed E-state index contributed by atoms with van der Waals surface area (Å²) in [4.78, 5) is 29.9. The molecule has 7 nitrogen and oxygen atoms in total. The van der Waals surface area contributed by atoms with Crippen molar-refractivity contribution in [3.05, 3.63) is 84.4 Å². The number of hydrogen-bond donors (Lipinski definition) is 2. The molecular weight excluding hydrogens is 416 g/mol. The summed E-state index contributed by atoms with van der Waals surface area (Å²) >= 11 is 0. The van der Waals surface area contributed by atoms with Crippen LogP contribution >= 0.6 is 0 Å². The highest BCUT2D eigenvalue weighted by Crippen LogP contribution is 2.22. The predicted octanol–water partition coefficient (Wildman–Crippen LogP) is 3.71. The van der Waals surface area contributed by atoms with E-state index in [1.165, 1.54) is 0 Å². The number of nitrogens with zero attached hydrogens (tertiary/aromatic N) is 2. The Kier molecular flexibility index (Phi) is 7.22. The molecule has 0 aliphatic carbocycles. The zero-order chi connectivity index (χ0) is 23.0. The lowest BCUT2D eigenvalue weighted by molar-refractivity contribution is -0.117. The first-order chi connectivity index (χ1) is 16.1. The van der Waals surface area contributed by atoms with Crippen molar-refractivity contribution < 1.29 is 14.3 Å². The molecule has 1 saturated heterocycles. The Bertz CT molecular complexity index is 1100. The molecule has 4 rings (SSSR count). The number of carbonyl (C=O) groups is 2. The summed E-state index contributed by atoms with van der Waals surface area (Å²) in [6, 6.07) is 24.3. The third-order valence-electron chi connectivity index (χ3n) is 5.64. The van der Waals surface area contributed by atoms with E-state index >= 15 is 0 Å². The van der Waals surface area contributed by atoms with Crippen LogP contribution in [0, 0.1) is 0 Å². The number of carbonyl (C=O) groups excluding carboxylic acids is 2. The van der Waals surface area contributed by atoms with Crippen LogP contribution < -0.4 is 20.3 Å². The summed E-state index contributed by atoms with van der Waals surface area (Å²) in [5.41, 5.74) is 2.76. The number of anilines is 3. The largest absolute Gasteiger partial charge is 0.497 e. The minimum atomic E-state index is -0.260. The number of hydrogen-bond acceptors (Lipinski definition) is 5. The van der Waals surface area contributed by atoms with E-state index in [2.05, 4.69) is 26.5 Å². The van der Waals surface area contributed by atoms with Gasteiger partial charge < -0.3 is 20.3 Å². The fraction of sp³-hybridized carbons (Fsp3) is 0.231. The summed E-state index contributed by atoms with van der Waals surface area (Å²) in [5, 5.41) is 5.78. The fourth-order valence-electron chi connectivity index (χ4n) is 3.87. The molecule has 170 valence electrons. The van der Waals surface area contributed by atoms with Gasteiger partial charge in [0.15, 0.2) is 0 Å². The molecule has 0 atom stereocenters. The van der Waals surface area contributed by atoms with E-state index in [0.717, 1.165) is 37.6 Å². The van der Waals surface area contributed by atoms with Gasteiger partial charge in [0, 0.05) is 43.6 Å². The van der Waals surface area contributed by atoms with Gasteiger partial charge in [0.1, 0.15) is 5.75 Å². The molecule has 33 heavy (non-hydrogen) atoms. The second-order valence-electron chi connectivity index (χ2n) is 7.88. The Morgan fingerprint density at radius 3 is 2.33 bits per heavy atom. The molecule has 3 aromatic rings. The van der Waals surface area contributed by atoms with Gasteiger partial charge in [0.2, 0.25) is 5.91 Å². The van der Waals surface area contributed by atoms with Crippen molar-refractivity contribution in [3.8, 4) is 5.75 Å². The smallest absolute Gasteiger partial charge is 0.257 e. The molecule has 7 heteroatoms. The van der Waals surface area contributed by atoms with Crippen molar-refractivity contribution in [2.45, 2.75) is 0 Å². The molecule has 1 fully saturated rings. The maximum absolute atomic E-state index is 12.7. The molecule has 3 aromatic carbocycles. The third-order valence-corrected chi connectivity index (χ3v) is 5.64. The van der Waals surface area contributed by atoms with E-state index < -0.39 is 0 Å². The van der Waals surface area contributed by atoms with Crippen molar-refractivity contribution in [3.63, 3.8) is 0 Å². The number of amides is 2. The first-order valence-corrected chi connectivity index (χ1v) is 11.0. The van der Waals surface area contributed by atoms with Crippen molar-refractivity contribution in [1.82, 2.24) is 4.90 Å². The Labute approximate surface area is 194 Å². The summed E-state index contributed by atoms with van der Waals surface area (Å²) in [7, 11) is 1.67. The molecule has 0 aromatic heterocycles. The van der Waals surface area contributed by atoms with Crippen molar-refractivity contribution in [2.75, 3.05) is 55.4 Å². The number of methoxy groups -OCH3 is 1. The van der Waals surface area contributed by atoms with Crippen molar-refractivity contribution in [2.24, 2.45) is 0 Å². The summed E-state index contributed by atoms with van der Waals surface area (Å²) in [6.07, 6.45) is 0. The molecule has 0 bridgehead atoms. The average molecular weight is 445 g/mol. The SMILES string of the molecule is COc1cccc(N2CCN(CC(=O)Nc3ccccc3C(=O)Nc3ccccc3)CC2)c1. The monoisotopic (exact) mass is 444 g/mol. The summed E-state index contributed by atoms with van der Waals surface area (Å²) in [5.74, 6) is 0.443. The maximum atomic E-state index is 12.7. The molecule has 1 aliphatic rings. The molecule has 0 saturated carbocycles. The maximum Gasteiger partial charge on any atom is 0.257 e. The number of piperazine rings is 1. The van der Waals surface area contributed by atoms with Crippen LogP contribution in [-0.2, 0) is 4.79 Å². The highest BCUT2D eigenvalue weighted by molar-refractivity contribution is 6.10. The predicted molar refractivity (Wildman–Crippen MR) is 131 cm³/mol. The van der Waals surface area contributed by atoms with Crippen LogP contribution in [0.3, 0.4) is 0 Å². The molecule has 1 heterocycles. The van der Waals surface area contributed by atoms with Gasteiger partial charge in [-0.15, -0.1) is 0 Å². The lowest BCUT2D eigenvalue weighted by Crippen LogP contribution is -2.48. The van der Waals surface area contributed by atoms with Gasteiger partial charge in [-0.05, 0) is 36.4 Å². The van der Waals surface area contributed by atoms with Crippen LogP contribution in [0.4, 0.5) is 17.1 Å². The van der Waals surface area contributed by atoms with E-state index in [4.69, 9.17) is 4.74 Å². The zero-order valence-electron chi connectivity index (χ0n) is 18.7. The molecule has 0 unspecified atom stereocenters. The normalized spacial score (nSPS) is 13.9. The molecule has 0 spiro atoms. The highest BCUT2D eigenvalue weighted by atomic mass is 16.5. The van der Waals surface area contributed by atoms with Crippen LogP contribution in [0.1, 0.15) is 10.4 Å². The van der Waals surface area contributed by atoms with Gasteiger partial charge in [-0.2, -0.15) is 0 Å². The Morgan fingerprint density at radius 1 is 0.848 bits per heavy atom. The third kappa shape index (κ3) is 5.90. The standard InChI is InChI=1S/C26H28N4O3/c1-33-22-11-7-10-21(18-22)30-16-14-29(15-17-30)19-25(31)28-24-13-6-5-12-23(24)26(32)27-20-8-3-2-4-9-20/h2-13,18H,14-17,19H2,1H3,(H,27,32)(H,28,31). The van der Waals surface area contributed by atoms with Gasteiger partial charge in [-0.25, -0.2) is 0 Å². The number of rotatable bonds is 7. The lowest BCUT2D eigenvalue weighted by Gasteiger charge is -2.35. The summed E-state index contributed by atoms with van der Waals surface area (Å²) < 4.78 is 5.32.